The minimum atomic E-state index is -1.74. The van der Waals surface area contributed by atoms with Crippen LogP contribution in [0.15, 0.2) is 109 Å². The van der Waals surface area contributed by atoms with E-state index in [1.807, 2.05) is 81.4 Å². The molecule has 368 valence electrons. The Morgan fingerprint density at radius 1 is 0.414 bits per heavy atom. The maximum absolute atomic E-state index is 10.5. The average Bonchev–Trinajstić information content (AvgIpc) is 3.36. The zero-order valence-electron chi connectivity index (χ0n) is 39.8. The Morgan fingerprint density at radius 3 is 1.14 bits per heavy atom. The number of hydrogen-bond donors (Lipinski definition) is 13. The van der Waals surface area contributed by atoms with Crippen molar-refractivity contribution < 1.29 is 51.1 Å². The Morgan fingerprint density at radius 2 is 0.743 bits per heavy atom. The van der Waals surface area contributed by atoms with Crippen LogP contribution in [0.1, 0.15) is 27.8 Å². The second kappa shape index (κ2) is 22.2. The molecule has 2 heterocycles. The van der Waals surface area contributed by atoms with Gasteiger partial charge in [-0.15, -0.1) is 0 Å². The van der Waals surface area contributed by atoms with Crippen molar-refractivity contribution in [2.45, 2.75) is 83.5 Å². The van der Waals surface area contributed by atoms with E-state index in [0.29, 0.717) is 22.4 Å². The van der Waals surface area contributed by atoms with Crippen LogP contribution in [0.3, 0.4) is 0 Å². The summed E-state index contributed by atoms with van der Waals surface area (Å²) < 4.78 is 0. The maximum atomic E-state index is 10.5. The first kappa shape index (κ1) is 51.5. The van der Waals surface area contributed by atoms with Crippen LogP contribution >= 0.6 is 0 Å². The monoisotopic (exact) mass is 953 g/mol. The van der Waals surface area contributed by atoms with E-state index < -0.39 is 62.0 Å². The van der Waals surface area contributed by atoms with Gasteiger partial charge in [-0.2, -0.15) is 0 Å². The largest absolute Gasteiger partial charge is 0.398 e. The van der Waals surface area contributed by atoms with E-state index in [0.717, 1.165) is 60.7 Å². The van der Waals surface area contributed by atoms with Crippen molar-refractivity contribution in [2.75, 3.05) is 42.7 Å². The molecule has 0 aliphatic carbocycles. The molecule has 0 fully saturated rings. The molecule has 8 rings (SSSR count). The fraction of sp³-hybridized carbons (Fsp3) is 0.309. The van der Waals surface area contributed by atoms with Gasteiger partial charge < -0.3 is 67.4 Å². The van der Waals surface area contributed by atoms with Gasteiger partial charge >= 0.3 is 0 Å². The van der Waals surface area contributed by atoms with Crippen molar-refractivity contribution in [1.82, 2.24) is 9.97 Å². The fourth-order valence-corrected chi connectivity index (χ4v) is 8.63. The zero-order chi connectivity index (χ0) is 50.6. The Bertz CT molecular complexity index is 2940. The zero-order valence-corrected chi connectivity index (χ0v) is 39.8. The van der Waals surface area contributed by atoms with Gasteiger partial charge in [0.25, 0.3) is 0 Å². The van der Waals surface area contributed by atoms with Crippen LogP contribution < -0.4 is 16.4 Å². The van der Waals surface area contributed by atoms with Crippen molar-refractivity contribution in [3.05, 3.63) is 137 Å². The van der Waals surface area contributed by atoms with Crippen LogP contribution in [0.2, 0.25) is 0 Å². The molecule has 0 bridgehead atoms. The topological polar surface area (TPSA) is 278 Å². The first-order valence-electron chi connectivity index (χ1n) is 23.2. The molecule has 15 nitrogen and oxygen atoms in total. The number of hydrogen-bond acceptors (Lipinski definition) is 15. The number of aryl methyl sites for hydroxylation is 5. The van der Waals surface area contributed by atoms with Crippen molar-refractivity contribution in [3.63, 3.8) is 0 Å². The molecule has 8 unspecified atom stereocenters. The van der Waals surface area contributed by atoms with E-state index in [1.54, 1.807) is 0 Å². The van der Waals surface area contributed by atoms with Crippen molar-refractivity contribution in [1.29, 1.82) is 0 Å². The third-order valence-corrected chi connectivity index (χ3v) is 13.0. The number of aliphatic hydroxyl groups excluding tert-OH is 10. The SMILES string of the molecule is Cc1cc2nc3cc(C)c(N)cc3c(-c3ccccc3)c2cc1C.Cc1cc2nc3cc(C)c(NCC(O)C(O)C(O)C(O)CO)cc3c(-c3ccccc3)c2cc1NCC(O)C(O)C(O)C(O)CO. The molecule has 2 aromatic heterocycles. The summed E-state index contributed by atoms with van der Waals surface area (Å²) in [6.45, 7) is 8.14. The molecule has 0 saturated heterocycles. The Kier molecular flexibility index (Phi) is 16.3. The summed E-state index contributed by atoms with van der Waals surface area (Å²) in [5.41, 5.74) is 21.0. The summed E-state index contributed by atoms with van der Waals surface area (Å²) in [7, 11) is 0. The molecule has 8 aromatic rings. The number of pyridine rings is 2. The highest BCUT2D eigenvalue weighted by Crippen LogP contribution is 2.40. The summed E-state index contributed by atoms with van der Waals surface area (Å²) in [4.78, 5) is 9.83. The number of anilines is 3. The van der Waals surface area contributed by atoms with Crippen molar-refractivity contribution in [3.8, 4) is 22.3 Å². The summed E-state index contributed by atoms with van der Waals surface area (Å²) in [5, 5.41) is 109. The molecule has 0 spiro atoms. The van der Waals surface area contributed by atoms with E-state index in [1.165, 1.54) is 27.6 Å². The van der Waals surface area contributed by atoms with Gasteiger partial charge in [-0.3, -0.25) is 0 Å². The van der Waals surface area contributed by atoms with Crippen LogP contribution in [0, 0.1) is 34.6 Å². The third-order valence-electron chi connectivity index (χ3n) is 13.0. The normalized spacial score (nSPS) is 15.2. The smallest absolute Gasteiger partial charge is 0.111 e. The lowest BCUT2D eigenvalue weighted by Gasteiger charge is -2.26. The number of rotatable bonds is 16. The van der Waals surface area contributed by atoms with Crippen LogP contribution in [0.25, 0.3) is 65.9 Å². The molecule has 0 aliphatic rings. The maximum Gasteiger partial charge on any atom is 0.111 e. The predicted molar refractivity (Wildman–Crippen MR) is 277 cm³/mol. The van der Waals surface area contributed by atoms with Crippen molar-refractivity contribution in [2.24, 2.45) is 0 Å². The first-order chi connectivity index (χ1) is 33.4. The highest BCUT2D eigenvalue weighted by Gasteiger charge is 2.31. The van der Waals surface area contributed by atoms with Crippen molar-refractivity contribution >= 4 is 60.7 Å². The number of nitrogens with one attached hydrogen (secondary N) is 2. The minimum absolute atomic E-state index is 0.171. The van der Waals surface area contributed by atoms with Gasteiger partial charge in [-0.05, 0) is 122 Å². The quantitative estimate of drug-likeness (QED) is 0.0452. The number of nitrogens with zero attached hydrogens (tertiary/aromatic N) is 2. The highest BCUT2D eigenvalue weighted by atomic mass is 16.4. The second-order valence-corrected chi connectivity index (χ2v) is 18.1. The van der Waals surface area contributed by atoms with Gasteiger partial charge in [-0.1, -0.05) is 60.7 Å². The minimum Gasteiger partial charge on any atom is -0.398 e. The van der Waals surface area contributed by atoms with Gasteiger partial charge in [-0.25, -0.2) is 9.97 Å². The lowest BCUT2D eigenvalue weighted by Crippen LogP contribution is -2.48. The predicted octanol–water partition coefficient (Wildman–Crippen LogP) is 4.93. The second-order valence-electron chi connectivity index (χ2n) is 18.1. The van der Waals surface area contributed by atoms with E-state index in [4.69, 9.17) is 25.9 Å². The number of aromatic nitrogens is 2. The number of benzene rings is 6. The molecule has 8 atom stereocenters. The molecule has 6 aromatic carbocycles. The fourth-order valence-electron chi connectivity index (χ4n) is 8.63. The lowest BCUT2D eigenvalue weighted by atomic mass is 9.93. The number of nitrogen functional groups attached to an aromatic ring is 1. The molecule has 0 radical (unpaired) electrons. The summed E-state index contributed by atoms with van der Waals surface area (Å²) >= 11 is 0. The van der Waals surface area contributed by atoms with E-state index in [2.05, 4.69) is 73.0 Å². The molecule has 15 heteroatoms. The molecule has 14 N–H and O–H groups in total. The van der Waals surface area contributed by atoms with Crippen LogP contribution in [0.4, 0.5) is 17.1 Å². The highest BCUT2D eigenvalue weighted by molar-refractivity contribution is 6.12. The summed E-state index contributed by atoms with van der Waals surface area (Å²) in [6.07, 6.45) is -13.1. The lowest BCUT2D eigenvalue weighted by molar-refractivity contribution is -0.111. The summed E-state index contributed by atoms with van der Waals surface area (Å²) in [5.74, 6) is 0. The molecular formula is C55H63N5O10. The standard InChI is InChI=1S/C33H43N3O10.C22H20N2/c1-16-8-23-19(10-21(16)34-12-25(39)30(43)32(45)27(41)14-37)29(18-6-4-3-5-7-18)20-11-22(17(2)9-24(20)36-23)35-13-26(40)31(44)33(46)28(42)15-38;1-13-9-17-20(10-14(13)2)24-21-11-15(3)19(23)12-18(21)22(17)16-7-5-4-6-8-16/h3-11,25-28,30-35,37-46H,12-15H2,1-2H3;4-12H,23H2,1-3H3. The van der Waals surface area contributed by atoms with Gasteiger partial charge in [0, 0.05) is 62.8 Å². The Hall–Kier alpha value is -6.34. The van der Waals surface area contributed by atoms with E-state index >= 15 is 0 Å². The van der Waals surface area contributed by atoms with E-state index in [9.17, 15) is 40.9 Å². The average molecular weight is 954 g/mol. The molecule has 70 heavy (non-hydrogen) atoms. The molecular weight excluding hydrogens is 891 g/mol. The van der Waals surface area contributed by atoms with Gasteiger partial charge in [0.15, 0.2) is 0 Å². The van der Waals surface area contributed by atoms with Crippen LogP contribution in [0.5, 0.6) is 0 Å². The van der Waals surface area contributed by atoms with Crippen LogP contribution in [-0.4, -0.2) is 136 Å². The molecule has 0 aliphatic heterocycles. The molecule has 0 saturated carbocycles. The van der Waals surface area contributed by atoms with Gasteiger partial charge in [0.2, 0.25) is 0 Å². The summed E-state index contributed by atoms with van der Waals surface area (Å²) in [6, 6.07) is 36.2. The Balaban J connectivity index is 0.000000250. The number of fused-ring (bicyclic) bond motifs is 4. The van der Waals surface area contributed by atoms with Gasteiger partial charge in [0.05, 0.1) is 47.5 Å². The van der Waals surface area contributed by atoms with Crippen LogP contribution in [-0.2, 0) is 0 Å². The first-order valence-corrected chi connectivity index (χ1v) is 23.2. The Labute approximate surface area is 405 Å². The number of aliphatic hydroxyl groups is 10. The van der Waals surface area contributed by atoms with Gasteiger partial charge in [0.1, 0.15) is 36.6 Å². The molecule has 0 amide bonds. The number of nitrogens with two attached hydrogens (primary N) is 1. The van der Waals surface area contributed by atoms with E-state index in [-0.39, 0.29) is 13.1 Å². The third kappa shape index (κ3) is 11.0.